The van der Waals surface area contributed by atoms with Gasteiger partial charge in [-0.15, -0.1) is 0 Å². The van der Waals surface area contributed by atoms with E-state index in [0.717, 1.165) is 17.0 Å². The second-order valence-electron chi connectivity index (χ2n) is 7.94. The van der Waals surface area contributed by atoms with Crippen molar-refractivity contribution < 1.29 is 19.0 Å². The number of aryl methyl sites for hydroxylation is 2. The molecule has 0 radical (unpaired) electrons. The topological polar surface area (TPSA) is 94.9 Å². The highest BCUT2D eigenvalue weighted by Crippen LogP contribution is 2.37. The van der Waals surface area contributed by atoms with Crippen molar-refractivity contribution in [3.63, 3.8) is 0 Å². The van der Waals surface area contributed by atoms with Gasteiger partial charge in [-0.1, -0.05) is 11.3 Å². The van der Waals surface area contributed by atoms with Crippen molar-refractivity contribution >= 4 is 23.4 Å². The molecule has 0 amide bonds. The van der Waals surface area contributed by atoms with Crippen LogP contribution in [0, 0.1) is 13.8 Å². The number of fused-ring (bicyclic) bond motifs is 1. The third-order valence-corrected chi connectivity index (χ3v) is 6.71. The molecule has 1 atom stereocenters. The fraction of sp³-hybridized carbons (Fsp3) is 0.320. The molecule has 0 fully saturated rings. The molecule has 1 aliphatic heterocycles. The van der Waals surface area contributed by atoms with Crippen LogP contribution < -0.4 is 24.4 Å². The number of carbonyl (C=O) groups excluding carboxylic acids is 1. The van der Waals surface area contributed by atoms with Crippen LogP contribution in [0.4, 0.5) is 0 Å². The van der Waals surface area contributed by atoms with Gasteiger partial charge in [0.2, 0.25) is 0 Å². The SMILES string of the molecule is CCOC(=O)C1=C(C)N=c2s/c(=C\c3cc(C)[nH]c3C)c(=O)n2[C@H]1c1cc(OC)ccc1OC. The van der Waals surface area contributed by atoms with Crippen LogP contribution >= 0.6 is 11.3 Å². The number of hydrogen-bond donors (Lipinski definition) is 1. The third-order valence-electron chi connectivity index (χ3n) is 5.72. The highest BCUT2D eigenvalue weighted by molar-refractivity contribution is 7.07. The molecule has 34 heavy (non-hydrogen) atoms. The molecule has 2 aromatic heterocycles. The number of ether oxygens (including phenoxy) is 3. The molecule has 1 aliphatic rings. The highest BCUT2D eigenvalue weighted by atomic mass is 32.1. The molecule has 0 unspecified atom stereocenters. The van der Waals surface area contributed by atoms with Gasteiger partial charge in [0, 0.05) is 17.0 Å². The predicted octanol–water partition coefficient (Wildman–Crippen LogP) is 2.76. The Morgan fingerprint density at radius 1 is 1.21 bits per heavy atom. The first-order valence-electron chi connectivity index (χ1n) is 10.9. The Morgan fingerprint density at radius 2 is 1.97 bits per heavy atom. The lowest BCUT2D eigenvalue weighted by Gasteiger charge is -2.26. The van der Waals surface area contributed by atoms with Crippen LogP contribution in [0.25, 0.3) is 6.08 Å². The van der Waals surface area contributed by atoms with Crippen molar-refractivity contribution in [1.29, 1.82) is 0 Å². The number of aromatic nitrogens is 2. The maximum Gasteiger partial charge on any atom is 0.338 e. The molecular formula is C25H27N3O5S. The van der Waals surface area contributed by atoms with Crippen LogP contribution in [0.15, 0.2) is 45.3 Å². The van der Waals surface area contributed by atoms with E-state index >= 15 is 0 Å². The van der Waals surface area contributed by atoms with Crippen molar-refractivity contribution in [3.05, 3.63) is 77.7 Å². The summed E-state index contributed by atoms with van der Waals surface area (Å²) >= 11 is 1.28. The second kappa shape index (κ2) is 9.34. The first kappa shape index (κ1) is 23.6. The van der Waals surface area contributed by atoms with E-state index in [2.05, 4.69) is 9.98 Å². The lowest BCUT2D eigenvalue weighted by Crippen LogP contribution is -2.40. The lowest BCUT2D eigenvalue weighted by molar-refractivity contribution is -0.139. The zero-order valence-corrected chi connectivity index (χ0v) is 20.8. The fourth-order valence-electron chi connectivity index (χ4n) is 4.18. The standard InChI is InChI=1S/C25H27N3O5S/c1-7-33-24(30)21-15(4)27-25-28(22(21)18-12-17(31-5)8-9-19(18)32-6)23(29)20(34-25)11-16-10-13(2)26-14(16)3/h8-12,22,26H,7H2,1-6H3/b20-11-/t22-/m0/s1. The summed E-state index contributed by atoms with van der Waals surface area (Å²) in [6.45, 7) is 7.63. The van der Waals surface area contributed by atoms with Crippen molar-refractivity contribution in [2.24, 2.45) is 4.99 Å². The van der Waals surface area contributed by atoms with Crippen molar-refractivity contribution in [2.45, 2.75) is 33.7 Å². The van der Waals surface area contributed by atoms with Crippen molar-refractivity contribution in [2.75, 3.05) is 20.8 Å². The zero-order valence-electron chi connectivity index (χ0n) is 20.0. The number of hydrogen-bond acceptors (Lipinski definition) is 7. The summed E-state index contributed by atoms with van der Waals surface area (Å²) in [6, 6.07) is 6.51. The Bertz CT molecular complexity index is 1470. The summed E-state index contributed by atoms with van der Waals surface area (Å²) in [4.78, 5) is 35.2. The minimum atomic E-state index is -0.781. The Balaban J connectivity index is 2.03. The molecule has 3 aromatic rings. The van der Waals surface area contributed by atoms with Gasteiger partial charge in [-0.3, -0.25) is 9.36 Å². The zero-order chi connectivity index (χ0) is 24.6. The Labute approximate surface area is 200 Å². The van der Waals surface area contributed by atoms with E-state index in [1.165, 1.54) is 11.3 Å². The van der Waals surface area contributed by atoms with Crippen LogP contribution in [0.3, 0.4) is 0 Å². The van der Waals surface area contributed by atoms with E-state index in [-0.39, 0.29) is 12.2 Å². The van der Waals surface area contributed by atoms with Crippen LogP contribution in [0.1, 0.15) is 42.4 Å². The summed E-state index contributed by atoms with van der Waals surface area (Å²) in [5.74, 6) is 0.577. The van der Waals surface area contributed by atoms with Gasteiger partial charge in [-0.25, -0.2) is 9.79 Å². The van der Waals surface area contributed by atoms with E-state index in [1.807, 2.05) is 26.0 Å². The molecule has 1 aromatic carbocycles. The van der Waals surface area contributed by atoms with Crippen molar-refractivity contribution in [3.8, 4) is 11.5 Å². The molecular weight excluding hydrogens is 454 g/mol. The quantitative estimate of drug-likeness (QED) is 0.547. The number of aromatic amines is 1. The number of rotatable bonds is 6. The van der Waals surface area contributed by atoms with Gasteiger partial charge < -0.3 is 19.2 Å². The van der Waals surface area contributed by atoms with Crippen LogP contribution in [-0.2, 0) is 9.53 Å². The number of benzene rings is 1. The number of nitrogens with one attached hydrogen (secondary N) is 1. The monoisotopic (exact) mass is 481 g/mol. The molecule has 0 spiro atoms. The van der Waals surface area contributed by atoms with Gasteiger partial charge in [0.05, 0.1) is 36.6 Å². The second-order valence-corrected chi connectivity index (χ2v) is 8.95. The summed E-state index contributed by atoms with van der Waals surface area (Å²) in [6.07, 6.45) is 1.85. The highest BCUT2D eigenvalue weighted by Gasteiger charge is 2.35. The van der Waals surface area contributed by atoms with Gasteiger partial charge in [-0.2, -0.15) is 0 Å². The number of H-pyrrole nitrogens is 1. The summed E-state index contributed by atoms with van der Waals surface area (Å²) in [7, 11) is 3.11. The van der Waals surface area contributed by atoms with Crippen LogP contribution in [0.5, 0.6) is 11.5 Å². The first-order chi connectivity index (χ1) is 16.3. The van der Waals surface area contributed by atoms with E-state index in [0.29, 0.717) is 37.7 Å². The Hall–Kier alpha value is -3.59. The molecule has 0 saturated carbocycles. The smallest absolute Gasteiger partial charge is 0.338 e. The maximum absolute atomic E-state index is 13.7. The molecule has 9 heteroatoms. The third kappa shape index (κ3) is 4.07. The number of allylic oxidation sites excluding steroid dienone is 1. The number of esters is 1. The van der Waals surface area contributed by atoms with E-state index in [4.69, 9.17) is 14.2 Å². The minimum Gasteiger partial charge on any atom is -0.497 e. The fourth-order valence-corrected chi connectivity index (χ4v) is 5.21. The van der Waals surface area contributed by atoms with Gasteiger partial charge in [0.1, 0.15) is 17.5 Å². The molecule has 0 aliphatic carbocycles. The maximum atomic E-state index is 13.7. The van der Waals surface area contributed by atoms with Crippen LogP contribution in [0.2, 0.25) is 0 Å². The number of carbonyl (C=O) groups is 1. The van der Waals surface area contributed by atoms with E-state index < -0.39 is 12.0 Å². The molecule has 1 N–H and O–H groups in total. The summed E-state index contributed by atoms with van der Waals surface area (Å²) in [5.41, 5.74) is 4.07. The number of methoxy groups -OCH3 is 2. The summed E-state index contributed by atoms with van der Waals surface area (Å²) < 4.78 is 18.5. The first-order valence-corrected chi connectivity index (χ1v) is 11.7. The number of thiazole rings is 1. The average Bonchev–Trinajstić information content (AvgIpc) is 3.29. The molecule has 0 saturated heterocycles. The van der Waals surface area contributed by atoms with Gasteiger partial charge in [0.25, 0.3) is 5.56 Å². The summed E-state index contributed by atoms with van der Waals surface area (Å²) in [5, 5.41) is 0. The number of nitrogens with zero attached hydrogens (tertiary/aromatic N) is 2. The normalized spacial score (nSPS) is 15.7. The molecule has 8 nitrogen and oxygen atoms in total. The Kier molecular flexibility index (Phi) is 6.47. The van der Waals surface area contributed by atoms with Crippen LogP contribution in [-0.4, -0.2) is 36.3 Å². The van der Waals surface area contributed by atoms with E-state index in [1.54, 1.807) is 50.8 Å². The molecule has 4 rings (SSSR count). The molecule has 3 heterocycles. The lowest BCUT2D eigenvalue weighted by atomic mass is 9.94. The van der Waals surface area contributed by atoms with Crippen molar-refractivity contribution in [1.82, 2.24) is 9.55 Å². The van der Waals surface area contributed by atoms with E-state index in [9.17, 15) is 9.59 Å². The van der Waals surface area contributed by atoms with Gasteiger partial charge >= 0.3 is 5.97 Å². The van der Waals surface area contributed by atoms with Gasteiger partial charge in [0.15, 0.2) is 4.80 Å². The largest absolute Gasteiger partial charge is 0.497 e. The predicted molar refractivity (Wildman–Crippen MR) is 130 cm³/mol. The Morgan fingerprint density at radius 3 is 2.59 bits per heavy atom. The minimum absolute atomic E-state index is 0.202. The molecule has 178 valence electrons. The average molecular weight is 482 g/mol. The van der Waals surface area contributed by atoms with Gasteiger partial charge in [-0.05, 0) is 63.6 Å². The molecule has 0 bridgehead atoms.